The van der Waals surface area contributed by atoms with E-state index in [4.69, 9.17) is 21.7 Å². The van der Waals surface area contributed by atoms with E-state index in [2.05, 4.69) is 44.6 Å². The summed E-state index contributed by atoms with van der Waals surface area (Å²) in [6, 6.07) is 15.6. The van der Waals surface area contributed by atoms with Gasteiger partial charge in [-0.3, -0.25) is 9.88 Å². The Kier molecular flexibility index (Phi) is 7.55. The highest BCUT2D eigenvalue weighted by Gasteiger charge is 2.41. The van der Waals surface area contributed by atoms with E-state index < -0.39 is 0 Å². The van der Waals surface area contributed by atoms with Gasteiger partial charge in [-0.05, 0) is 62.0 Å². The van der Waals surface area contributed by atoms with Crippen molar-refractivity contribution in [2.45, 2.75) is 25.9 Å². The Bertz CT molecular complexity index is 1270. The second-order valence-corrected chi connectivity index (χ2v) is 9.83. The maximum Gasteiger partial charge on any atom is 0.339 e. The zero-order chi connectivity index (χ0) is 25.9. The molecule has 2 aliphatic rings. The molecule has 4 heterocycles. The number of methoxy groups -OCH3 is 1. The normalized spacial score (nSPS) is 20.2. The molecule has 194 valence electrons. The van der Waals surface area contributed by atoms with Crippen LogP contribution in [-0.4, -0.2) is 76.9 Å². The zero-order valence-corrected chi connectivity index (χ0v) is 22.3. The summed E-state index contributed by atoms with van der Waals surface area (Å²) >= 11 is 5.88. The van der Waals surface area contributed by atoms with Crippen molar-refractivity contribution in [3.63, 3.8) is 0 Å². The summed E-state index contributed by atoms with van der Waals surface area (Å²) in [4.78, 5) is 22.0. The molecule has 9 heteroatoms. The molecule has 2 aliphatic heterocycles. The summed E-state index contributed by atoms with van der Waals surface area (Å²) in [5, 5.41) is 4.29. The van der Waals surface area contributed by atoms with E-state index in [0.717, 1.165) is 72.8 Å². The minimum atomic E-state index is -0.355. The summed E-state index contributed by atoms with van der Waals surface area (Å²) < 4.78 is 12.7. The molecule has 3 aromatic rings. The van der Waals surface area contributed by atoms with Crippen LogP contribution in [0.2, 0.25) is 0 Å². The Hall–Kier alpha value is -3.27. The number of ether oxygens (including phenoxy) is 2. The van der Waals surface area contributed by atoms with Crippen molar-refractivity contribution in [1.29, 1.82) is 0 Å². The number of aryl methyl sites for hydroxylation is 1. The Balaban J connectivity index is 1.56. The van der Waals surface area contributed by atoms with Crippen LogP contribution in [0.15, 0.2) is 54.7 Å². The van der Waals surface area contributed by atoms with E-state index in [0.29, 0.717) is 5.56 Å². The summed E-state index contributed by atoms with van der Waals surface area (Å²) in [7, 11) is 1.41. The number of rotatable bonds is 7. The maximum atomic E-state index is 12.6. The number of carbonyl (C=O) groups is 1. The van der Waals surface area contributed by atoms with Gasteiger partial charge in [0.25, 0.3) is 0 Å². The molecule has 1 N–H and O–H groups in total. The molecule has 0 radical (unpaired) electrons. The maximum absolute atomic E-state index is 12.6. The number of para-hydroxylation sites is 1. The molecule has 1 aromatic carbocycles. The second kappa shape index (κ2) is 11.0. The first kappa shape index (κ1) is 25.4. The molecule has 2 atom stereocenters. The predicted molar refractivity (Wildman–Crippen MR) is 146 cm³/mol. The molecule has 0 aliphatic carbocycles. The van der Waals surface area contributed by atoms with Gasteiger partial charge in [-0.25, -0.2) is 4.79 Å². The van der Waals surface area contributed by atoms with E-state index in [-0.39, 0.29) is 18.1 Å². The lowest BCUT2D eigenvalue weighted by atomic mass is 9.96. The molecule has 37 heavy (non-hydrogen) atoms. The van der Waals surface area contributed by atoms with Crippen molar-refractivity contribution >= 4 is 23.3 Å². The van der Waals surface area contributed by atoms with Gasteiger partial charge in [0.2, 0.25) is 0 Å². The van der Waals surface area contributed by atoms with E-state index in [1.807, 2.05) is 42.6 Å². The standard InChI is InChI=1S/C28H33N5O3S/c1-19-18-22(20(2)33(19)24-10-5-4-8-21(24)27(34)35-3)26-25(23-9-6-7-11-29-23)30-28(37)32(26)13-12-31-14-16-36-17-15-31/h4-11,18,25-26H,12-17H2,1-3H3,(H,30,37)/t25-,26+/m1/s1. The SMILES string of the molecule is COC(=O)c1ccccc1-n1c(C)cc([C@H]2[C@@H](c3ccccn3)NC(=S)N2CCN2CCOCC2)c1C. The van der Waals surface area contributed by atoms with Gasteiger partial charge in [0.1, 0.15) is 0 Å². The van der Waals surface area contributed by atoms with E-state index in [1.165, 1.54) is 7.11 Å². The Morgan fingerprint density at radius 1 is 1.14 bits per heavy atom. The molecule has 8 nitrogen and oxygen atoms in total. The average Bonchev–Trinajstić information content (AvgIpc) is 3.42. The van der Waals surface area contributed by atoms with Gasteiger partial charge in [-0.2, -0.15) is 0 Å². The molecular formula is C28H33N5O3S. The number of benzene rings is 1. The van der Waals surface area contributed by atoms with Gasteiger partial charge in [0.05, 0.1) is 49.4 Å². The van der Waals surface area contributed by atoms with Crippen LogP contribution in [0, 0.1) is 13.8 Å². The van der Waals surface area contributed by atoms with Gasteiger partial charge in [0.15, 0.2) is 5.11 Å². The first-order valence-corrected chi connectivity index (χ1v) is 13.0. The average molecular weight is 520 g/mol. The Morgan fingerprint density at radius 3 is 2.62 bits per heavy atom. The lowest BCUT2D eigenvalue weighted by molar-refractivity contribution is 0.0350. The van der Waals surface area contributed by atoms with Crippen molar-refractivity contribution in [3.05, 3.63) is 82.9 Å². The lowest BCUT2D eigenvalue weighted by Crippen LogP contribution is -2.42. The number of aromatic nitrogens is 2. The van der Waals surface area contributed by atoms with E-state index in [1.54, 1.807) is 6.07 Å². The second-order valence-electron chi connectivity index (χ2n) is 9.44. The fourth-order valence-electron chi connectivity index (χ4n) is 5.47. The molecule has 0 unspecified atom stereocenters. The molecule has 0 saturated carbocycles. The third kappa shape index (κ3) is 4.99. The van der Waals surface area contributed by atoms with Crippen molar-refractivity contribution < 1.29 is 14.3 Å². The number of nitrogens with zero attached hydrogens (tertiary/aromatic N) is 4. The minimum Gasteiger partial charge on any atom is -0.465 e. The zero-order valence-electron chi connectivity index (χ0n) is 21.5. The van der Waals surface area contributed by atoms with Gasteiger partial charge in [0, 0.05) is 43.8 Å². The van der Waals surface area contributed by atoms with Gasteiger partial charge < -0.3 is 24.3 Å². The fourth-order valence-corrected chi connectivity index (χ4v) is 5.80. The summed E-state index contributed by atoms with van der Waals surface area (Å²) in [5.74, 6) is -0.355. The first-order valence-electron chi connectivity index (χ1n) is 12.6. The topological polar surface area (TPSA) is 71.9 Å². The van der Waals surface area contributed by atoms with Gasteiger partial charge in [-0.15, -0.1) is 0 Å². The molecule has 0 bridgehead atoms. The summed E-state index contributed by atoms with van der Waals surface area (Å²) in [5.41, 5.74) is 5.53. The van der Waals surface area contributed by atoms with Crippen LogP contribution < -0.4 is 5.32 Å². The number of carbonyl (C=O) groups excluding carboxylic acids is 1. The number of morpholine rings is 1. The number of hydrogen-bond donors (Lipinski definition) is 1. The monoisotopic (exact) mass is 519 g/mol. The van der Waals surface area contributed by atoms with Crippen molar-refractivity contribution in [2.75, 3.05) is 46.5 Å². The highest BCUT2D eigenvalue weighted by Crippen LogP contribution is 2.41. The number of hydrogen-bond acceptors (Lipinski definition) is 6. The van der Waals surface area contributed by atoms with Crippen molar-refractivity contribution in [2.24, 2.45) is 0 Å². The fraction of sp³-hybridized carbons (Fsp3) is 0.393. The van der Waals surface area contributed by atoms with E-state index >= 15 is 0 Å². The van der Waals surface area contributed by atoms with Crippen LogP contribution in [0.1, 0.15) is 45.1 Å². The Labute approximate surface area is 223 Å². The third-order valence-electron chi connectivity index (χ3n) is 7.30. The number of thiocarbonyl (C=S) groups is 1. The van der Waals surface area contributed by atoms with Crippen LogP contribution in [0.3, 0.4) is 0 Å². The summed E-state index contributed by atoms with van der Waals surface area (Å²) in [6.07, 6.45) is 1.82. The van der Waals surface area contributed by atoms with Gasteiger partial charge >= 0.3 is 5.97 Å². The third-order valence-corrected chi connectivity index (χ3v) is 7.65. The Morgan fingerprint density at radius 2 is 1.89 bits per heavy atom. The minimum absolute atomic E-state index is 0.0475. The highest BCUT2D eigenvalue weighted by atomic mass is 32.1. The van der Waals surface area contributed by atoms with E-state index in [9.17, 15) is 4.79 Å². The molecule has 0 amide bonds. The summed E-state index contributed by atoms with van der Waals surface area (Å²) in [6.45, 7) is 9.27. The number of nitrogens with one attached hydrogen (secondary N) is 1. The number of esters is 1. The highest BCUT2D eigenvalue weighted by molar-refractivity contribution is 7.80. The molecule has 2 fully saturated rings. The van der Waals surface area contributed by atoms with Crippen LogP contribution >= 0.6 is 12.2 Å². The lowest BCUT2D eigenvalue weighted by Gasteiger charge is -2.32. The molecule has 2 aromatic heterocycles. The van der Waals surface area contributed by atoms with Crippen LogP contribution in [0.4, 0.5) is 0 Å². The van der Waals surface area contributed by atoms with Crippen molar-refractivity contribution in [1.82, 2.24) is 24.7 Å². The van der Waals surface area contributed by atoms with Crippen LogP contribution in [0.25, 0.3) is 5.69 Å². The van der Waals surface area contributed by atoms with Crippen molar-refractivity contribution in [3.8, 4) is 5.69 Å². The van der Waals surface area contributed by atoms with Gasteiger partial charge in [-0.1, -0.05) is 18.2 Å². The molecule has 0 spiro atoms. The molecule has 5 rings (SSSR count). The quantitative estimate of drug-likeness (QED) is 0.375. The molecular weight excluding hydrogens is 486 g/mol. The first-order chi connectivity index (χ1) is 18.0. The number of pyridine rings is 1. The largest absolute Gasteiger partial charge is 0.465 e. The van der Waals surface area contributed by atoms with Crippen LogP contribution in [-0.2, 0) is 9.47 Å². The molecule has 2 saturated heterocycles. The van der Waals surface area contributed by atoms with Crippen LogP contribution in [0.5, 0.6) is 0 Å². The smallest absolute Gasteiger partial charge is 0.339 e. The predicted octanol–water partition coefficient (Wildman–Crippen LogP) is 3.58.